The summed E-state index contributed by atoms with van der Waals surface area (Å²) in [6.45, 7) is 0.179. The van der Waals surface area contributed by atoms with Crippen LogP contribution in [0.2, 0.25) is 0 Å². The molecule has 0 fully saturated rings. The largest absolute Gasteiger partial charge is 0.497 e. The highest BCUT2D eigenvalue weighted by molar-refractivity contribution is 5.91. The highest BCUT2D eigenvalue weighted by Gasteiger charge is 2.11. The van der Waals surface area contributed by atoms with Crippen LogP contribution in [0.25, 0.3) is 22.7 Å². The van der Waals surface area contributed by atoms with Crippen LogP contribution in [-0.4, -0.2) is 35.3 Å². The fraction of sp³-hybridized carbons (Fsp3) is 0.115. The van der Waals surface area contributed by atoms with Crippen molar-refractivity contribution in [2.75, 3.05) is 14.2 Å². The number of nitrogens with zero attached hydrogens (tertiary/aromatic N) is 2. The maximum Gasteiger partial charge on any atom is 0.335 e. The molecular weight excluding hydrogens is 434 g/mol. The Morgan fingerprint density at radius 1 is 1.09 bits per heavy atom. The zero-order chi connectivity index (χ0) is 24.1. The monoisotopic (exact) mass is 455 g/mol. The topological polar surface area (TPSA) is 117 Å². The molecule has 0 unspecified atom stereocenters. The first-order valence-electron chi connectivity index (χ1n) is 10.3. The van der Waals surface area contributed by atoms with Gasteiger partial charge in [0, 0.05) is 6.07 Å². The lowest BCUT2D eigenvalue weighted by atomic mass is 10.1. The summed E-state index contributed by atoms with van der Waals surface area (Å²) in [7, 11) is 3.12. The molecular formula is C26H21N3O5. The van der Waals surface area contributed by atoms with E-state index in [9.17, 15) is 10.1 Å². The Labute approximate surface area is 195 Å². The predicted octanol–water partition coefficient (Wildman–Crippen LogP) is 4.92. The van der Waals surface area contributed by atoms with Gasteiger partial charge in [-0.1, -0.05) is 18.2 Å². The van der Waals surface area contributed by atoms with Crippen LogP contribution in [0.5, 0.6) is 17.2 Å². The third-order valence-corrected chi connectivity index (χ3v) is 5.13. The van der Waals surface area contributed by atoms with E-state index in [0.717, 1.165) is 22.2 Å². The lowest BCUT2D eigenvalue weighted by molar-refractivity contribution is 0.0696. The summed E-state index contributed by atoms with van der Waals surface area (Å²) >= 11 is 0. The molecule has 0 aliphatic heterocycles. The molecule has 0 saturated heterocycles. The van der Waals surface area contributed by atoms with Gasteiger partial charge in [-0.2, -0.15) is 5.26 Å². The van der Waals surface area contributed by atoms with Crippen molar-refractivity contribution in [2.24, 2.45) is 0 Å². The number of aromatic nitrogens is 2. The van der Waals surface area contributed by atoms with Gasteiger partial charge in [0.05, 0.1) is 36.4 Å². The number of fused-ring (bicyclic) bond motifs is 1. The van der Waals surface area contributed by atoms with E-state index < -0.39 is 5.97 Å². The van der Waals surface area contributed by atoms with E-state index in [0.29, 0.717) is 28.6 Å². The van der Waals surface area contributed by atoms with Gasteiger partial charge in [-0.05, 0) is 53.6 Å². The minimum atomic E-state index is -0.993. The maximum atomic E-state index is 11.2. The molecule has 8 nitrogen and oxygen atoms in total. The number of H-pyrrole nitrogens is 1. The van der Waals surface area contributed by atoms with E-state index in [2.05, 4.69) is 16.0 Å². The summed E-state index contributed by atoms with van der Waals surface area (Å²) in [4.78, 5) is 18.8. The highest BCUT2D eigenvalue weighted by Crippen LogP contribution is 2.31. The van der Waals surface area contributed by atoms with E-state index >= 15 is 0 Å². The molecule has 0 aliphatic carbocycles. The predicted molar refractivity (Wildman–Crippen MR) is 127 cm³/mol. The molecule has 4 aromatic rings. The van der Waals surface area contributed by atoms with Gasteiger partial charge in [0.15, 0.2) is 11.5 Å². The Morgan fingerprint density at radius 2 is 1.94 bits per heavy atom. The van der Waals surface area contributed by atoms with Crippen molar-refractivity contribution >= 4 is 28.7 Å². The Hall–Kier alpha value is -4.77. The molecule has 8 heteroatoms. The zero-order valence-corrected chi connectivity index (χ0v) is 18.5. The maximum absolute atomic E-state index is 11.2. The lowest BCUT2D eigenvalue weighted by Gasteiger charge is -2.12. The standard InChI is InChI=1S/C26H21N3O5/c1-32-20-7-8-21-22(13-20)29-25(28-21)19(14-27)10-16-6-9-23(24(12-16)33-2)34-15-17-4-3-5-18(11-17)26(30)31/h3-13H,15H2,1-2H3,(H,28,29)(H,30,31)/b19-10-. The van der Waals surface area contributed by atoms with Crippen LogP contribution in [0.4, 0.5) is 0 Å². The number of aromatic amines is 1. The van der Waals surface area contributed by atoms with Crippen molar-refractivity contribution in [3.05, 3.63) is 83.2 Å². The average Bonchev–Trinajstić information content (AvgIpc) is 3.29. The van der Waals surface area contributed by atoms with Crippen molar-refractivity contribution in [3.63, 3.8) is 0 Å². The molecule has 170 valence electrons. The SMILES string of the molecule is COc1ccc2nc(/C(C#N)=C\c3ccc(OCc4cccc(C(=O)O)c4)c(OC)c3)[nH]c2c1. The van der Waals surface area contributed by atoms with Gasteiger partial charge in [-0.15, -0.1) is 0 Å². The van der Waals surface area contributed by atoms with Gasteiger partial charge in [0.25, 0.3) is 0 Å². The Bertz CT molecular complexity index is 1430. The third-order valence-electron chi connectivity index (χ3n) is 5.13. The van der Waals surface area contributed by atoms with Crippen LogP contribution in [0.15, 0.2) is 60.7 Å². The zero-order valence-electron chi connectivity index (χ0n) is 18.5. The Balaban J connectivity index is 1.57. The number of aromatic carboxylic acids is 1. The van der Waals surface area contributed by atoms with Crippen LogP contribution in [0.1, 0.15) is 27.3 Å². The van der Waals surface area contributed by atoms with Gasteiger partial charge in [0.2, 0.25) is 0 Å². The number of allylic oxidation sites excluding steroid dienone is 1. The van der Waals surface area contributed by atoms with Crippen molar-refractivity contribution < 1.29 is 24.1 Å². The number of carboxylic acid groups (broad SMARTS) is 1. The van der Waals surface area contributed by atoms with E-state index in [1.54, 1.807) is 49.6 Å². The van der Waals surface area contributed by atoms with E-state index in [4.69, 9.17) is 19.3 Å². The Kier molecular flexibility index (Phi) is 6.46. The van der Waals surface area contributed by atoms with Crippen molar-refractivity contribution in [2.45, 2.75) is 6.61 Å². The van der Waals surface area contributed by atoms with E-state index in [1.807, 2.05) is 18.2 Å². The minimum Gasteiger partial charge on any atom is -0.497 e. The van der Waals surface area contributed by atoms with Crippen molar-refractivity contribution in [1.82, 2.24) is 9.97 Å². The second kappa shape index (κ2) is 9.79. The number of hydrogen-bond donors (Lipinski definition) is 2. The summed E-state index contributed by atoms with van der Waals surface area (Å²) < 4.78 is 16.5. The number of rotatable bonds is 8. The number of imidazole rings is 1. The quantitative estimate of drug-likeness (QED) is 0.362. The number of hydrogen-bond acceptors (Lipinski definition) is 6. The normalized spacial score (nSPS) is 11.1. The second-order valence-corrected chi connectivity index (χ2v) is 7.34. The molecule has 0 bridgehead atoms. The summed E-state index contributed by atoms with van der Waals surface area (Å²) in [5.74, 6) is 1.13. The molecule has 0 aliphatic rings. The number of benzene rings is 3. The van der Waals surface area contributed by atoms with Crippen LogP contribution in [0, 0.1) is 11.3 Å². The second-order valence-electron chi connectivity index (χ2n) is 7.34. The Morgan fingerprint density at radius 3 is 2.68 bits per heavy atom. The number of nitrogens with one attached hydrogen (secondary N) is 1. The molecule has 3 aromatic carbocycles. The molecule has 2 N–H and O–H groups in total. The van der Waals surface area contributed by atoms with Crippen LogP contribution < -0.4 is 14.2 Å². The number of carboxylic acids is 1. The summed E-state index contributed by atoms with van der Waals surface area (Å²) in [6, 6.07) is 19.5. The minimum absolute atomic E-state index is 0.179. The molecule has 0 atom stereocenters. The van der Waals surface area contributed by atoms with Gasteiger partial charge in [0.1, 0.15) is 24.3 Å². The van der Waals surface area contributed by atoms with Gasteiger partial charge < -0.3 is 24.3 Å². The number of nitriles is 1. The summed E-state index contributed by atoms with van der Waals surface area (Å²) in [5, 5.41) is 18.9. The fourth-order valence-corrected chi connectivity index (χ4v) is 3.41. The summed E-state index contributed by atoms with van der Waals surface area (Å²) in [6.07, 6.45) is 1.71. The first-order valence-corrected chi connectivity index (χ1v) is 10.3. The molecule has 1 heterocycles. The first kappa shape index (κ1) is 22.4. The van der Waals surface area contributed by atoms with Crippen molar-refractivity contribution in [1.29, 1.82) is 5.26 Å². The molecule has 1 aromatic heterocycles. The highest BCUT2D eigenvalue weighted by atomic mass is 16.5. The number of methoxy groups -OCH3 is 2. The van der Waals surface area contributed by atoms with E-state index in [-0.39, 0.29) is 12.2 Å². The van der Waals surface area contributed by atoms with Gasteiger partial charge in [-0.25, -0.2) is 9.78 Å². The van der Waals surface area contributed by atoms with Gasteiger partial charge in [-0.3, -0.25) is 0 Å². The van der Waals surface area contributed by atoms with E-state index in [1.165, 1.54) is 13.2 Å². The molecule has 0 radical (unpaired) electrons. The van der Waals surface area contributed by atoms with Crippen LogP contribution in [0.3, 0.4) is 0 Å². The molecule has 4 rings (SSSR count). The van der Waals surface area contributed by atoms with Crippen LogP contribution in [-0.2, 0) is 6.61 Å². The summed E-state index contributed by atoms with van der Waals surface area (Å²) in [5.41, 5.74) is 3.50. The smallest absolute Gasteiger partial charge is 0.335 e. The molecule has 0 spiro atoms. The number of ether oxygens (including phenoxy) is 3. The van der Waals surface area contributed by atoms with Gasteiger partial charge >= 0.3 is 5.97 Å². The fourth-order valence-electron chi connectivity index (χ4n) is 3.41. The molecule has 0 saturated carbocycles. The van der Waals surface area contributed by atoms with Crippen molar-refractivity contribution in [3.8, 4) is 23.3 Å². The number of carbonyl (C=O) groups is 1. The molecule has 34 heavy (non-hydrogen) atoms. The first-order chi connectivity index (χ1) is 16.5. The van der Waals surface area contributed by atoms with Crippen LogP contribution >= 0.6 is 0 Å². The lowest BCUT2D eigenvalue weighted by Crippen LogP contribution is -2.01. The third kappa shape index (κ3) is 4.84. The average molecular weight is 455 g/mol. The molecule has 0 amide bonds.